The molecule has 0 aliphatic carbocycles. The fraction of sp³-hybridized carbons (Fsp3) is 0. The van der Waals surface area contributed by atoms with Crippen molar-refractivity contribution in [3.8, 4) is 0 Å². The van der Waals surface area contributed by atoms with Gasteiger partial charge in [0, 0.05) is 5.69 Å². The number of anilines is 3. The molecule has 0 unspecified atom stereocenters. The SMILES string of the molecule is Nc1cc2nc3ccccc3nc2cc1Nc1ccccc1. The van der Waals surface area contributed by atoms with Crippen molar-refractivity contribution in [2.75, 3.05) is 11.1 Å². The number of fused-ring (bicyclic) bond motifs is 2. The molecule has 3 aromatic carbocycles. The van der Waals surface area contributed by atoms with Crippen LogP contribution in [-0.4, -0.2) is 9.97 Å². The average Bonchev–Trinajstić information content (AvgIpc) is 2.55. The van der Waals surface area contributed by atoms with Crippen LogP contribution < -0.4 is 11.1 Å². The number of aromatic nitrogens is 2. The number of rotatable bonds is 2. The Morgan fingerprint density at radius 2 is 1.27 bits per heavy atom. The summed E-state index contributed by atoms with van der Waals surface area (Å²) in [6, 6.07) is 21.6. The lowest BCUT2D eigenvalue weighted by molar-refractivity contribution is 1.39. The zero-order chi connectivity index (χ0) is 14.9. The average molecular weight is 286 g/mol. The highest BCUT2D eigenvalue weighted by Crippen LogP contribution is 2.28. The van der Waals surface area contributed by atoms with Gasteiger partial charge in [0.15, 0.2) is 0 Å². The summed E-state index contributed by atoms with van der Waals surface area (Å²) in [4.78, 5) is 9.28. The lowest BCUT2D eigenvalue weighted by Crippen LogP contribution is -1.98. The van der Waals surface area contributed by atoms with Gasteiger partial charge in [-0.2, -0.15) is 0 Å². The summed E-state index contributed by atoms with van der Waals surface area (Å²) in [5.41, 5.74) is 12.0. The zero-order valence-corrected chi connectivity index (χ0v) is 11.8. The number of nitrogen functional groups attached to an aromatic ring is 1. The maximum Gasteiger partial charge on any atom is 0.0916 e. The number of nitrogens with two attached hydrogens (primary N) is 1. The highest BCUT2D eigenvalue weighted by molar-refractivity contribution is 5.92. The van der Waals surface area contributed by atoms with Crippen LogP contribution in [0.1, 0.15) is 0 Å². The Bertz CT molecular complexity index is 964. The first kappa shape index (κ1) is 12.6. The van der Waals surface area contributed by atoms with Crippen LogP contribution in [0.25, 0.3) is 22.1 Å². The van der Waals surface area contributed by atoms with Gasteiger partial charge in [-0.15, -0.1) is 0 Å². The van der Waals surface area contributed by atoms with Gasteiger partial charge in [0.25, 0.3) is 0 Å². The molecule has 3 N–H and O–H groups in total. The fourth-order valence-electron chi connectivity index (χ4n) is 2.47. The molecule has 4 rings (SSSR count). The van der Waals surface area contributed by atoms with Crippen LogP contribution in [0.2, 0.25) is 0 Å². The Labute approximate surface area is 127 Å². The molecule has 4 aromatic rings. The summed E-state index contributed by atoms with van der Waals surface area (Å²) >= 11 is 0. The van der Waals surface area contributed by atoms with Gasteiger partial charge in [0.1, 0.15) is 0 Å². The van der Waals surface area contributed by atoms with Crippen molar-refractivity contribution < 1.29 is 0 Å². The van der Waals surface area contributed by atoms with Gasteiger partial charge in [0.2, 0.25) is 0 Å². The summed E-state index contributed by atoms with van der Waals surface area (Å²) in [5.74, 6) is 0. The third-order valence-corrected chi connectivity index (χ3v) is 3.56. The minimum atomic E-state index is 0.654. The largest absolute Gasteiger partial charge is 0.397 e. The van der Waals surface area contributed by atoms with Crippen LogP contribution in [0, 0.1) is 0 Å². The maximum absolute atomic E-state index is 6.15. The van der Waals surface area contributed by atoms with Crippen LogP contribution in [-0.2, 0) is 0 Å². The molecule has 1 heterocycles. The van der Waals surface area contributed by atoms with E-state index in [0.717, 1.165) is 33.4 Å². The number of para-hydroxylation sites is 3. The molecule has 0 atom stereocenters. The minimum Gasteiger partial charge on any atom is -0.397 e. The fourth-order valence-corrected chi connectivity index (χ4v) is 2.47. The summed E-state index contributed by atoms with van der Waals surface area (Å²) in [5, 5.41) is 3.32. The molecule has 0 saturated carbocycles. The van der Waals surface area contributed by atoms with E-state index in [0.29, 0.717) is 5.69 Å². The molecular weight excluding hydrogens is 272 g/mol. The molecule has 0 saturated heterocycles. The third-order valence-electron chi connectivity index (χ3n) is 3.56. The van der Waals surface area contributed by atoms with Crippen LogP contribution in [0.4, 0.5) is 17.1 Å². The Hall–Kier alpha value is -3.14. The van der Waals surface area contributed by atoms with Crippen molar-refractivity contribution in [3.05, 3.63) is 66.7 Å². The first-order chi connectivity index (χ1) is 10.8. The number of nitrogens with one attached hydrogen (secondary N) is 1. The first-order valence-corrected chi connectivity index (χ1v) is 7.08. The van der Waals surface area contributed by atoms with Gasteiger partial charge >= 0.3 is 0 Å². The quantitative estimate of drug-likeness (QED) is 0.430. The van der Waals surface area contributed by atoms with Crippen LogP contribution in [0.15, 0.2) is 66.7 Å². The third kappa shape index (κ3) is 2.20. The molecule has 0 fully saturated rings. The first-order valence-electron chi connectivity index (χ1n) is 7.08. The number of hydrogen-bond acceptors (Lipinski definition) is 4. The van der Waals surface area contributed by atoms with Crippen molar-refractivity contribution in [2.45, 2.75) is 0 Å². The van der Waals surface area contributed by atoms with Gasteiger partial charge in [-0.25, -0.2) is 9.97 Å². The van der Waals surface area contributed by atoms with E-state index < -0.39 is 0 Å². The molecule has 0 amide bonds. The number of nitrogens with zero attached hydrogens (tertiary/aromatic N) is 2. The second kappa shape index (κ2) is 5.00. The monoisotopic (exact) mass is 286 g/mol. The highest BCUT2D eigenvalue weighted by atomic mass is 14.9. The molecule has 4 heteroatoms. The van der Waals surface area contributed by atoms with E-state index in [2.05, 4.69) is 15.3 Å². The van der Waals surface area contributed by atoms with E-state index >= 15 is 0 Å². The Morgan fingerprint density at radius 1 is 0.682 bits per heavy atom. The summed E-state index contributed by atoms with van der Waals surface area (Å²) in [6.07, 6.45) is 0. The Morgan fingerprint density at radius 3 is 1.95 bits per heavy atom. The van der Waals surface area contributed by atoms with E-state index in [4.69, 9.17) is 5.73 Å². The van der Waals surface area contributed by atoms with E-state index in [9.17, 15) is 0 Å². The van der Waals surface area contributed by atoms with Gasteiger partial charge in [0.05, 0.1) is 33.4 Å². The van der Waals surface area contributed by atoms with E-state index in [1.165, 1.54) is 0 Å². The molecule has 0 aliphatic rings. The second-order valence-corrected chi connectivity index (χ2v) is 5.13. The van der Waals surface area contributed by atoms with Gasteiger partial charge in [-0.3, -0.25) is 0 Å². The normalized spacial score (nSPS) is 10.9. The Kier molecular flexibility index (Phi) is 2.86. The predicted octanol–water partition coefficient (Wildman–Crippen LogP) is 4.11. The van der Waals surface area contributed by atoms with Crippen molar-refractivity contribution in [1.29, 1.82) is 0 Å². The highest BCUT2D eigenvalue weighted by Gasteiger charge is 2.06. The second-order valence-electron chi connectivity index (χ2n) is 5.13. The molecule has 106 valence electrons. The van der Waals surface area contributed by atoms with Crippen LogP contribution in [0.3, 0.4) is 0 Å². The lowest BCUT2D eigenvalue weighted by Gasteiger charge is -2.10. The predicted molar refractivity (Wildman–Crippen MR) is 91.2 cm³/mol. The van der Waals surface area contributed by atoms with Crippen molar-refractivity contribution in [3.63, 3.8) is 0 Å². The molecular formula is C18H14N4. The van der Waals surface area contributed by atoms with Crippen LogP contribution >= 0.6 is 0 Å². The molecule has 22 heavy (non-hydrogen) atoms. The van der Waals surface area contributed by atoms with Crippen molar-refractivity contribution in [1.82, 2.24) is 9.97 Å². The molecule has 1 aromatic heterocycles. The topological polar surface area (TPSA) is 63.8 Å². The standard InChI is InChI=1S/C18H14N4/c19-13-10-17-18(22-15-9-5-4-8-14(15)21-17)11-16(13)20-12-6-2-1-3-7-12/h1-11,20H,19H2. The van der Waals surface area contributed by atoms with E-state index in [-0.39, 0.29) is 0 Å². The number of benzene rings is 3. The number of hydrogen-bond donors (Lipinski definition) is 2. The molecule has 0 bridgehead atoms. The van der Waals surface area contributed by atoms with E-state index in [1.807, 2.05) is 66.7 Å². The molecule has 0 spiro atoms. The maximum atomic E-state index is 6.15. The molecule has 0 aliphatic heterocycles. The zero-order valence-electron chi connectivity index (χ0n) is 11.8. The Balaban J connectivity index is 1.86. The molecule has 0 radical (unpaired) electrons. The summed E-state index contributed by atoms with van der Waals surface area (Å²) < 4.78 is 0. The van der Waals surface area contributed by atoms with Gasteiger partial charge < -0.3 is 11.1 Å². The van der Waals surface area contributed by atoms with Crippen molar-refractivity contribution in [2.24, 2.45) is 0 Å². The van der Waals surface area contributed by atoms with E-state index in [1.54, 1.807) is 0 Å². The summed E-state index contributed by atoms with van der Waals surface area (Å²) in [7, 11) is 0. The van der Waals surface area contributed by atoms with Crippen LogP contribution in [0.5, 0.6) is 0 Å². The molecule has 4 nitrogen and oxygen atoms in total. The summed E-state index contributed by atoms with van der Waals surface area (Å²) in [6.45, 7) is 0. The van der Waals surface area contributed by atoms with Gasteiger partial charge in [-0.1, -0.05) is 30.3 Å². The van der Waals surface area contributed by atoms with Gasteiger partial charge in [-0.05, 0) is 36.4 Å². The minimum absolute atomic E-state index is 0.654. The van der Waals surface area contributed by atoms with Crippen molar-refractivity contribution >= 4 is 39.1 Å². The smallest absolute Gasteiger partial charge is 0.0916 e. The lowest BCUT2D eigenvalue weighted by atomic mass is 10.2.